The molecule has 0 aliphatic heterocycles. The predicted molar refractivity (Wildman–Crippen MR) is 65.5 cm³/mol. The molecule has 4 nitrogen and oxygen atoms in total. The van der Waals surface area contributed by atoms with E-state index in [1.807, 2.05) is 0 Å². The molecule has 0 saturated heterocycles. The van der Waals surface area contributed by atoms with Gasteiger partial charge < -0.3 is 10.1 Å². The van der Waals surface area contributed by atoms with Gasteiger partial charge in [-0.15, -0.1) is 0 Å². The molecule has 2 N–H and O–H groups in total. The average molecular weight is 244 g/mol. The SMILES string of the molecule is O=c1[nH]c2cc(F)ccc2n1-c1cccc(O)c1. The Morgan fingerprint density at radius 3 is 2.78 bits per heavy atom. The minimum Gasteiger partial charge on any atom is -0.508 e. The number of aromatic amines is 1. The number of fused-ring (bicyclic) bond motifs is 1. The van der Waals surface area contributed by atoms with E-state index in [1.165, 1.54) is 34.9 Å². The number of rotatable bonds is 1. The summed E-state index contributed by atoms with van der Waals surface area (Å²) in [5, 5.41) is 9.43. The van der Waals surface area contributed by atoms with Gasteiger partial charge in [0, 0.05) is 6.07 Å². The summed E-state index contributed by atoms with van der Waals surface area (Å²) >= 11 is 0. The van der Waals surface area contributed by atoms with Crippen LogP contribution in [0.1, 0.15) is 0 Å². The minimum atomic E-state index is -0.410. The van der Waals surface area contributed by atoms with Crippen LogP contribution >= 0.6 is 0 Å². The standard InChI is InChI=1S/C13H9FN2O2/c14-8-4-5-12-11(6-8)15-13(18)16(12)9-2-1-3-10(17)7-9/h1-7,17H,(H,15,18). The molecular weight excluding hydrogens is 235 g/mol. The van der Waals surface area contributed by atoms with Gasteiger partial charge >= 0.3 is 5.69 Å². The lowest BCUT2D eigenvalue weighted by Gasteiger charge is -2.03. The quantitative estimate of drug-likeness (QED) is 0.689. The van der Waals surface area contributed by atoms with Crippen LogP contribution in [0.15, 0.2) is 47.3 Å². The number of benzene rings is 2. The molecule has 1 aromatic heterocycles. The largest absolute Gasteiger partial charge is 0.508 e. The monoisotopic (exact) mass is 244 g/mol. The number of nitrogens with zero attached hydrogens (tertiary/aromatic N) is 1. The third kappa shape index (κ3) is 1.57. The summed E-state index contributed by atoms with van der Waals surface area (Å²) in [6.07, 6.45) is 0. The highest BCUT2D eigenvalue weighted by Gasteiger charge is 2.09. The lowest BCUT2D eigenvalue weighted by Crippen LogP contribution is -2.14. The molecule has 0 amide bonds. The summed E-state index contributed by atoms with van der Waals surface area (Å²) < 4.78 is 14.5. The first-order valence-electron chi connectivity index (χ1n) is 5.35. The number of H-pyrrole nitrogens is 1. The Morgan fingerprint density at radius 2 is 2.00 bits per heavy atom. The zero-order valence-electron chi connectivity index (χ0n) is 9.22. The van der Waals surface area contributed by atoms with E-state index >= 15 is 0 Å². The maximum Gasteiger partial charge on any atom is 0.331 e. The maximum atomic E-state index is 13.1. The van der Waals surface area contributed by atoms with E-state index in [9.17, 15) is 14.3 Å². The summed E-state index contributed by atoms with van der Waals surface area (Å²) in [5.41, 5.74) is 1.13. The lowest BCUT2D eigenvalue weighted by molar-refractivity contribution is 0.475. The Balaban J connectivity index is 2.35. The van der Waals surface area contributed by atoms with Crippen LogP contribution in [-0.4, -0.2) is 14.7 Å². The van der Waals surface area contributed by atoms with Crippen LogP contribution < -0.4 is 5.69 Å². The second-order valence-electron chi connectivity index (χ2n) is 3.95. The van der Waals surface area contributed by atoms with Gasteiger partial charge in [0.05, 0.1) is 16.7 Å². The molecule has 3 rings (SSSR count). The molecule has 18 heavy (non-hydrogen) atoms. The second kappa shape index (κ2) is 3.73. The average Bonchev–Trinajstić information content (AvgIpc) is 2.64. The van der Waals surface area contributed by atoms with Crippen molar-refractivity contribution in [3.05, 3.63) is 58.8 Å². The molecular formula is C13H9FN2O2. The molecule has 3 aromatic rings. The minimum absolute atomic E-state index is 0.0656. The first-order chi connectivity index (χ1) is 8.65. The number of aromatic nitrogens is 2. The fraction of sp³-hybridized carbons (Fsp3) is 0. The van der Waals surface area contributed by atoms with Crippen LogP contribution in [0, 0.1) is 5.82 Å². The number of halogens is 1. The summed E-state index contributed by atoms with van der Waals surface area (Å²) in [6, 6.07) is 10.4. The number of aromatic hydroxyl groups is 1. The lowest BCUT2D eigenvalue weighted by atomic mass is 10.2. The van der Waals surface area contributed by atoms with E-state index < -0.39 is 5.82 Å². The molecule has 0 bridgehead atoms. The van der Waals surface area contributed by atoms with Gasteiger partial charge in [-0.1, -0.05) is 6.07 Å². The highest BCUT2D eigenvalue weighted by Crippen LogP contribution is 2.19. The Bertz CT molecular complexity index is 789. The van der Waals surface area contributed by atoms with Gasteiger partial charge in [-0.05, 0) is 30.3 Å². The maximum absolute atomic E-state index is 13.1. The third-order valence-electron chi connectivity index (χ3n) is 2.73. The van der Waals surface area contributed by atoms with E-state index in [-0.39, 0.29) is 11.4 Å². The number of phenols is 1. The first-order valence-corrected chi connectivity index (χ1v) is 5.35. The van der Waals surface area contributed by atoms with Gasteiger partial charge in [0.15, 0.2) is 0 Å². The van der Waals surface area contributed by atoms with Crippen molar-refractivity contribution >= 4 is 11.0 Å². The van der Waals surface area contributed by atoms with E-state index in [0.29, 0.717) is 16.7 Å². The predicted octanol–water partition coefficient (Wildman–Crippen LogP) is 2.16. The van der Waals surface area contributed by atoms with Crippen molar-refractivity contribution < 1.29 is 9.50 Å². The number of hydrogen-bond acceptors (Lipinski definition) is 2. The Labute approximate surface area is 101 Å². The molecule has 0 atom stereocenters. The van der Waals surface area contributed by atoms with Crippen molar-refractivity contribution in [3.63, 3.8) is 0 Å². The number of hydrogen-bond donors (Lipinski definition) is 2. The molecule has 90 valence electrons. The van der Waals surface area contributed by atoms with Crippen molar-refractivity contribution in [2.45, 2.75) is 0 Å². The van der Waals surface area contributed by atoms with Crippen LogP contribution in [0.3, 0.4) is 0 Å². The zero-order chi connectivity index (χ0) is 12.7. The van der Waals surface area contributed by atoms with Gasteiger partial charge in [0.1, 0.15) is 11.6 Å². The van der Waals surface area contributed by atoms with Crippen molar-refractivity contribution in [2.75, 3.05) is 0 Å². The molecule has 0 saturated carbocycles. The molecule has 0 radical (unpaired) electrons. The van der Waals surface area contributed by atoms with Crippen LogP contribution in [-0.2, 0) is 0 Å². The molecule has 0 fully saturated rings. The molecule has 1 heterocycles. The van der Waals surface area contributed by atoms with Gasteiger partial charge in [-0.2, -0.15) is 0 Å². The smallest absolute Gasteiger partial charge is 0.331 e. The van der Waals surface area contributed by atoms with Crippen LogP contribution in [0.4, 0.5) is 4.39 Å². The molecule has 5 heteroatoms. The second-order valence-corrected chi connectivity index (χ2v) is 3.95. The van der Waals surface area contributed by atoms with Gasteiger partial charge in [0.2, 0.25) is 0 Å². The fourth-order valence-corrected chi connectivity index (χ4v) is 1.97. The van der Waals surface area contributed by atoms with Crippen LogP contribution in [0.25, 0.3) is 16.7 Å². The normalized spacial score (nSPS) is 10.9. The van der Waals surface area contributed by atoms with Crippen molar-refractivity contribution in [1.29, 1.82) is 0 Å². The van der Waals surface area contributed by atoms with E-state index in [4.69, 9.17) is 0 Å². The zero-order valence-corrected chi connectivity index (χ0v) is 9.22. The van der Waals surface area contributed by atoms with Crippen molar-refractivity contribution in [1.82, 2.24) is 9.55 Å². The summed E-state index contributed by atoms with van der Waals surface area (Å²) in [4.78, 5) is 14.4. The molecule has 0 aliphatic rings. The summed E-state index contributed by atoms with van der Waals surface area (Å²) in [5.74, 6) is -0.345. The number of phenolic OH excluding ortho intramolecular Hbond substituents is 1. The highest BCUT2D eigenvalue weighted by molar-refractivity contribution is 5.77. The Morgan fingerprint density at radius 1 is 1.17 bits per heavy atom. The van der Waals surface area contributed by atoms with Crippen LogP contribution in [0.2, 0.25) is 0 Å². The Hall–Kier alpha value is -2.56. The van der Waals surface area contributed by atoms with Crippen LogP contribution in [0.5, 0.6) is 5.75 Å². The molecule has 0 unspecified atom stereocenters. The highest BCUT2D eigenvalue weighted by atomic mass is 19.1. The topological polar surface area (TPSA) is 58.0 Å². The summed E-state index contributed by atoms with van der Waals surface area (Å²) in [6.45, 7) is 0. The van der Waals surface area contributed by atoms with Gasteiger partial charge in [-0.3, -0.25) is 4.57 Å². The summed E-state index contributed by atoms with van der Waals surface area (Å²) in [7, 11) is 0. The fourth-order valence-electron chi connectivity index (χ4n) is 1.97. The Kier molecular flexibility index (Phi) is 2.19. The van der Waals surface area contributed by atoms with Gasteiger partial charge in [0.25, 0.3) is 0 Å². The van der Waals surface area contributed by atoms with Crippen molar-refractivity contribution in [2.24, 2.45) is 0 Å². The molecule has 2 aromatic carbocycles. The van der Waals surface area contributed by atoms with Crippen molar-refractivity contribution in [3.8, 4) is 11.4 Å². The number of imidazole rings is 1. The third-order valence-corrected chi connectivity index (χ3v) is 2.73. The first kappa shape index (κ1) is 10.6. The molecule has 0 spiro atoms. The van der Waals surface area contributed by atoms with E-state index in [1.54, 1.807) is 12.1 Å². The van der Waals surface area contributed by atoms with E-state index in [2.05, 4.69) is 4.98 Å². The van der Waals surface area contributed by atoms with E-state index in [0.717, 1.165) is 0 Å². The molecule has 0 aliphatic carbocycles. The van der Waals surface area contributed by atoms with Gasteiger partial charge in [-0.25, -0.2) is 9.18 Å². The number of nitrogens with one attached hydrogen (secondary N) is 1.